The first kappa shape index (κ1) is 11.3. The summed E-state index contributed by atoms with van der Waals surface area (Å²) in [6, 6.07) is 3.78. The fraction of sp³-hybridized carbons (Fsp3) is 0.250. The van der Waals surface area contributed by atoms with Crippen molar-refractivity contribution in [2.24, 2.45) is 7.05 Å². The van der Waals surface area contributed by atoms with Crippen LogP contribution in [0.1, 0.15) is 12.1 Å². The molecule has 2 heterocycles. The number of carbonyl (C=O) groups is 1. The van der Waals surface area contributed by atoms with Gasteiger partial charge >= 0.3 is 5.97 Å². The van der Waals surface area contributed by atoms with Gasteiger partial charge in [-0.25, -0.2) is 0 Å². The SMILES string of the molecule is Cn1cc(-c2ccncc2)c(CCC(=O)O)n1. The van der Waals surface area contributed by atoms with Crippen molar-refractivity contribution in [1.29, 1.82) is 0 Å². The molecule has 5 nitrogen and oxygen atoms in total. The van der Waals surface area contributed by atoms with Gasteiger partial charge in [-0.2, -0.15) is 5.10 Å². The summed E-state index contributed by atoms with van der Waals surface area (Å²) in [6.07, 6.45) is 5.85. The van der Waals surface area contributed by atoms with Crippen molar-refractivity contribution in [3.05, 3.63) is 36.4 Å². The van der Waals surface area contributed by atoms with Crippen molar-refractivity contribution in [2.75, 3.05) is 0 Å². The Labute approximate surface area is 98.7 Å². The van der Waals surface area contributed by atoms with Crippen LogP contribution in [0.3, 0.4) is 0 Å². The molecule has 0 saturated heterocycles. The Kier molecular flexibility index (Phi) is 3.18. The molecular formula is C12H13N3O2. The van der Waals surface area contributed by atoms with E-state index in [1.165, 1.54) is 0 Å². The Bertz CT molecular complexity index is 520. The second-order valence-corrected chi connectivity index (χ2v) is 3.79. The lowest BCUT2D eigenvalue weighted by atomic mass is 10.1. The molecule has 2 aromatic rings. The summed E-state index contributed by atoms with van der Waals surface area (Å²) in [7, 11) is 1.83. The average Bonchev–Trinajstić information content (AvgIpc) is 2.69. The maximum Gasteiger partial charge on any atom is 0.303 e. The number of aromatic nitrogens is 3. The maximum atomic E-state index is 10.6. The van der Waals surface area contributed by atoms with Gasteiger partial charge in [0.2, 0.25) is 0 Å². The monoisotopic (exact) mass is 231 g/mol. The number of nitrogens with zero attached hydrogens (tertiary/aromatic N) is 3. The average molecular weight is 231 g/mol. The number of hydrogen-bond acceptors (Lipinski definition) is 3. The second-order valence-electron chi connectivity index (χ2n) is 3.79. The first-order chi connectivity index (χ1) is 8.16. The number of hydrogen-bond donors (Lipinski definition) is 1. The predicted molar refractivity (Wildman–Crippen MR) is 62.4 cm³/mol. The van der Waals surface area contributed by atoms with Crippen LogP contribution in [0, 0.1) is 0 Å². The zero-order valence-electron chi connectivity index (χ0n) is 9.50. The normalized spacial score (nSPS) is 10.4. The molecule has 0 atom stereocenters. The molecule has 0 spiro atoms. The van der Waals surface area contributed by atoms with E-state index in [-0.39, 0.29) is 6.42 Å². The smallest absolute Gasteiger partial charge is 0.303 e. The minimum atomic E-state index is -0.809. The molecule has 88 valence electrons. The molecule has 0 amide bonds. The van der Waals surface area contributed by atoms with Crippen molar-refractivity contribution in [2.45, 2.75) is 12.8 Å². The van der Waals surface area contributed by atoms with Gasteiger partial charge < -0.3 is 5.11 Å². The van der Waals surface area contributed by atoms with Crippen LogP contribution in [0.15, 0.2) is 30.7 Å². The summed E-state index contributed by atoms with van der Waals surface area (Å²) in [5.74, 6) is -0.809. The third kappa shape index (κ3) is 2.69. The van der Waals surface area contributed by atoms with Crippen LogP contribution in [0.25, 0.3) is 11.1 Å². The Morgan fingerprint density at radius 2 is 2.12 bits per heavy atom. The highest BCUT2D eigenvalue weighted by Gasteiger charge is 2.11. The highest BCUT2D eigenvalue weighted by atomic mass is 16.4. The second kappa shape index (κ2) is 4.78. The van der Waals surface area contributed by atoms with Gasteiger partial charge in [0.05, 0.1) is 12.1 Å². The zero-order chi connectivity index (χ0) is 12.3. The lowest BCUT2D eigenvalue weighted by Crippen LogP contribution is -1.99. The minimum Gasteiger partial charge on any atom is -0.481 e. The van der Waals surface area contributed by atoms with Gasteiger partial charge in [0.15, 0.2) is 0 Å². The molecule has 0 aliphatic heterocycles. The van der Waals surface area contributed by atoms with Crippen LogP contribution >= 0.6 is 0 Å². The van der Waals surface area contributed by atoms with E-state index >= 15 is 0 Å². The summed E-state index contributed by atoms with van der Waals surface area (Å²) >= 11 is 0. The van der Waals surface area contributed by atoms with Gasteiger partial charge in [-0.1, -0.05) is 0 Å². The summed E-state index contributed by atoms with van der Waals surface area (Å²) < 4.78 is 1.70. The molecule has 0 radical (unpaired) electrons. The molecule has 0 fully saturated rings. The molecule has 17 heavy (non-hydrogen) atoms. The number of carboxylic acids is 1. The van der Waals surface area contributed by atoms with Crippen molar-refractivity contribution in [3.8, 4) is 11.1 Å². The van der Waals surface area contributed by atoms with Gasteiger partial charge in [-0.05, 0) is 17.7 Å². The Morgan fingerprint density at radius 3 is 2.76 bits per heavy atom. The fourth-order valence-corrected chi connectivity index (χ4v) is 1.72. The van der Waals surface area contributed by atoms with Gasteiger partial charge in [0.1, 0.15) is 0 Å². The van der Waals surface area contributed by atoms with Gasteiger partial charge in [0.25, 0.3) is 0 Å². The highest BCUT2D eigenvalue weighted by molar-refractivity contribution is 5.69. The molecule has 0 bridgehead atoms. The zero-order valence-corrected chi connectivity index (χ0v) is 9.50. The van der Waals surface area contributed by atoms with Crippen LogP contribution in [0.2, 0.25) is 0 Å². The van der Waals surface area contributed by atoms with Crippen molar-refractivity contribution < 1.29 is 9.90 Å². The number of rotatable bonds is 4. The third-order valence-electron chi connectivity index (χ3n) is 2.47. The van der Waals surface area contributed by atoms with E-state index in [0.29, 0.717) is 6.42 Å². The van der Waals surface area contributed by atoms with Crippen LogP contribution in [0.5, 0.6) is 0 Å². The Hall–Kier alpha value is -2.17. The Morgan fingerprint density at radius 1 is 1.41 bits per heavy atom. The lowest BCUT2D eigenvalue weighted by molar-refractivity contribution is -0.136. The van der Waals surface area contributed by atoms with Gasteiger partial charge in [-0.15, -0.1) is 0 Å². The van der Waals surface area contributed by atoms with Gasteiger partial charge in [0, 0.05) is 37.6 Å². The van der Waals surface area contributed by atoms with Crippen LogP contribution < -0.4 is 0 Å². The molecule has 2 rings (SSSR count). The number of pyridine rings is 1. The topological polar surface area (TPSA) is 68.0 Å². The fourth-order valence-electron chi connectivity index (χ4n) is 1.72. The molecule has 5 heteroatoms. The van der Waals surface area contributed by atoms with Crippen LogP contribution in [-0.4, -0.2) is 25.8 Å². The minimum absolute atomic E-state index is 0.0924. The number of aliphatic carboxylic acids is 1. The molecule has 0 unspecified atom stereocenters. The van der Waals surface area contributed by atoms with E-state index in [2.05, 4.69) is 10.1 Å². The summed E-state index contributed by atoms with van der Waals surface area (Å²) in [5, 5.41) is 13.0. The first-order valence-corrected chi connectivity index (χ1v) is 5.31. The summed E-state index contributed by atoms with van der Waals surface area (Å²) in [5.41, 5.74) is 2.78. The molecule has 0 aliphatic carbocycles. The van der Waals surface area contributed by atoms with E-state index in [4.69, 9.17) is 5.11 Å². The van der Waals surface area contributed by atoms with Crippen molar-refractivity contribution in [3.63, 3.8) is 0 Å². The largest absolute Gasteiger partial charge is 0.481 e. The summed E-state index contributed by atoms with van der Waals surface area (Å²) in [6.45, 7) is 0. The molecule has 0 aromatic carbocycles. The summed E-state index contributed by atoms with van der Waals surface area (Å²) in [4.78, 5) is 14.5. The van der Waals surface area contributed by atoms with Crippen LogP contribution in [0.4, 0.5) is 0 Å². The molecule has 0 aliphatic rings. The molecule has 1 N–H and O–H groups in total. The Balaban J connectivity index is 2.31. The van der Waals surface area contributed by atoms with E-state index in [1.807, 2.05) is 25.4 Å². The van der Waals surface area contributed by atoms with Crippen LogP contribution in [-0.2, 0) is 18.3 Å². The first-order valence-electron chi connectivity index (χ1n) is 5.31. The molecule has 0 saturated carbocycles. The lowest BCUT2D eigenvalue weighted by Gasteiger charge is -2.00. The van der Waals surface area contributed by atoms with Gasteiger partial charge in [-0.3, -0.25) is 14.5 Å². The molecular weight excluding hydrogens is 218 g/mol. The maximum absolute atomic E-state index is 10.6. The molecule has 2 aromatic heterocycles. The van der Waals surface area contributed by atoms with Crippen molar-refractivity contribution in [1.82, 2.24) is 14.8 Å². The van der Waals surface area contributed by atoms with Crippen molar-refractivity contribution >= 4 is 5.97 Å². The number of aryl methyl sites for hydroxylation is 2. The van der Waals surface area contributed by atoms with E-state index in [9.17, 15) is 4.79 Å². The predicted octanol–water partition coefficient (Wildman–Crippen LogP) is 1.50. The number of carboxylic acid groups (broad SMARTS) is 1. The standard InChI is InChI=1S/C12H13N3O2/c1-15-8-10(9-4-6-13-7-5-9)11(14-15)2-3-12(16)17/h4-8H,2-3H2,1H3,(H,16,17). The highest BCUT2D eigenvalue weighted by Crippen LogP contribution is 2.22. The van der Waals surface area contributed by atoms with E-state index < -0.39 is 5.97 Å². The quantitative estimate of drug-likeness (QED) is 0.865. The van der Waals surface area contributed by atoms with E-state index in [1.54, 1.807) is 17.1 Å². The third-order valence-corrected chi connectivity index (χ3v) is 2.47. The van der Waals surface area contributed by atoms with E-state index in [0.717, 1.165) is 16.8 Å².